The van der Waals surface area contributed by atoms with Crippen LogP contribution in [0.4, 0.5) is 4.79 Å². The first-order valence-electron chi connectivity index (χ1n) is 4.54. The van der Waals surface area contributed by atoms with E-state index in [0.717, 1.165) is 12.8 Å². The van der Waals surface area contributed by atoms with Gasteiger partial charge >= 0.3 is 6.09 Å². The molecule has 0 saturated heterocycles. The molecule has 2 N–H and O–H groups in total. The van der Waals surface area contributed by atoms with Gasteiger partial charge < -0.3 is 10.5 Å². The number of carbonyl (C=O) groups excluding carboxylic acids is 1. The lowest BCUT2D eigenvalue weighted by molar-refractivity contribution is 0.0525. The van der Waals surface area contributed by atoms with Gasteiger partial charge in [-0.25, -0.2) is 4.79 Å². The van der Waals surface area contributed by atoms with Crippen LogP contribution in [-0.2, 0) is 4.74 Å². The van der Waals surface area contributed by atoms with Gasteiger partial charge in [-0.05, 0) is 31.1 Å². The average Bonchev–Trinajstić information content (AvgIpc) is 1.81. The monoisotopic (exact) mass is 171 g/mol. The van der Waals surface area contributed by atoms with E-state index in [1.165, 1.54) is 6.42 Å². The van der Waals surface area contributed by atoms with Gasteiger partial charge in [-0.3, -0.25) is 0 Å². The Kier molecular flexibility index (Phi) is 2.95. The van der Waals surface area contributed by atoms with Gasteiger partial charge in [0.25, 0.3) is 0 Å². The normalized spacial score (nSPS) is 36.0. The maximum absolute atomic E-state index is 10.5. The molecule has 1 fully saturated rings. The molecule has 2 unspecified atom stereocenters. The number of hydrogen-bond donors (Lipinski definition) is 1. The van der Waals surface area contributed by atoms with Gasteiger partial charge in [0.15, 0.2) is 0 Å². The lowest BCUT2D eigenvalue weighted by Crippen LogP contribution is -2.30. The Bertz CT molecular complexity index is 160. The van der Waals surface area contributed by atoms with Crippen molar-refractivity contribution in [3.8, 4) is 0 Å². The number of amides is 1. The molecule has 70 valence electrons. The van der Waals surface area contributed by atoms with Gasteiger partial charge in [0.05, 0.1) is 0 Å². The average molecular weight is 171 g/mol. The number of ether oxygens (including phenoxy) is 1. The van der Waals surface area contributed by atoms with Crippen molar-refractivity contribution in [3.63, 3.8) is 0 Å². The molecule has 12 heavy (non-hydrogen) atoms. The van der Waals surface area contributed by atoms with Crippen molar-refractivity contribution in [2.45, 2.75) is 39.2 Å². The summed E-state index contributed by atoms with van der Waals surface area (Å²) in [5, 5.41) is 0. The molecule has 0 heterocycles. The van der Waals surface area contributed by atoms with Gasteiger partial charge in [0.1, 0.15) is 6.10 Å². The highest BCUT2D eigenvalue weighted by Gasteiger charge is 2.25. The van der Waals surface area contributed by atoms with Gasteiger partial charge in [-0.15, -0.1) is 0 Å². The van der Waals surface area contributed by atoms with Crippen LogP contribution >= 0.6 is 0 Å². The summed E-state index contributed by atoms with van der Waals surface area (Å²) in [6.45, 7) is 4.38. The van der Waals surface area contributed by atoms with E-state index in [-0.39, 0.29) is 6.10 Å². The predicted octanol–water partition coefficient (Wildman–Crippen LogP) is 1.91. The van der Waals surface area contributed by atoms with Crippen molar-refractivity contribution < 1.29 is 9.53 Å². The van der Waals surface area contributed by atoms with Gasteiger partial charge in [-0.1, -0.05) is 13.8 Å². The molecule has 2 atom stereocenters. The Morgan fingerprint density at radius 1 is 1.25 bits per heavy atom. The van der Waals surface area contributed by atoms with E-state index in [4.69, 9.17) is 10.5 Å². The third-order valence-corrected chi connectivity index (χ3v) is 2.42. The molecule has 0 aromatic carbocycles. The molecule has 0 aliphatic heterocycles. The van der Waals surface area contributed by atoms with Crippen molar-refractivity contribution in [3.05, 3.63) is 0 Å². The molecule has 0 aromatic rings. The minimum Gasteiger partial charge on any atom is -0.446 e. The van der Waals surface area contributed by atoms with E-state index in [1.54, 1.807) is 0 Å². The Labute approximate surface area is 73.3 Å². The standard InChI is InChI=1S/C9H17NO2/c1-6-3-7(2)5-8(4-6)12-9(10)11/h6-8H,3-5H2,1-2H3,(H2,10,11). The molecule has 1 aliphatic carbocycles. The summed E-state index contributed by atoms with van der Waals surface area (Å²) in [5.74, 6) is 1.30. The molecule has 0 aromatic heterocycles. The zero-order valence-electron chi connectivity index (χ0n) is 7.75. The number of rotatable bonds is 1. The molecular weight excluding hydrogens is 154 g/mol. The van der Waals surface area contributed by atoms with Crippen molar-refractivity contribution in [1.29, 1.82) is 0 Å². The highest BCUT2D eigenvalue weighted by atomic mass is 16.6. The minimum atomic E-state index is -0.638. The second-order valence-corrected chi connectivity index (χ2v) is 3.98. The quantitative estimate of drug-likeness (QED) is 0.655. The first-order chi connectivity index (χ1) is 5.58. The maximum atomic E-state index is 10.5. The fourth-order valence-corrected chi connectivity index (χ4v) is 2.13. The topological polar surface area (TPSA) is 52.3 Å². The molecule has 0 radical (unpaired) electrons. The van der Waals surface area contributed by atoms with Crippen LogP contribution in [0.2, 0.25) is 0 Å². The Morgan fingerprint density at radius 3 is 2.17 bits per heavy atom. The second-order valence-electron chi connectivity index (χ2n) is 3.98. The van der Waals surface area contributed by atoms with Gasteiger partial charge in [-0.2, -0.15) is 0 Å². The van der Waals surface area contributed by atoms with Crippen molar-refractivity contribution in [2.24, 2.45) is 17.6 Å². The van der Waals surface area contributed by atoms with E-state index < -0.39 is 6.09 Å². The molecule has 1 amide bonds. The Balaban J connectivity index is 2.38. The molecule has 0 spiro atoms. The predicted molar refractivity (Wildman–Crippen MR) is 46.6 cm³/mol. The molecule has 0 bridgehead atoms. The molecule has 3 heteroatoms. The van der Waals surface area contributed by atoms with Crippen LogP contribution in [-0.4, -0.2) is 12.2 Å². The first kappa shape index (κ1) is 9.36. The van der Waals surface area contributed by atoms with E-state index in [9.17, 15) is 4.79 Å². The van der Waals surface area contributed by atoms with Crippen LogP contribution in [0.3, 0.4) is 0 Å². The smallest absolute Gasteiger partial charge is 0.404 e. The van der Waals surface area contributed by atoms with E-state index >= 15 is 0 Å². The van der Waals surface area contributed by atoms with Crippen LogP contribution < -0.4 is 5.73 Å². The van der Waals surface area contributed by atoms with Crippen LogP contribution in [0.5, 0.6) is 0 Å². The minimum absolute atomic E-state index is 0.0567. The largest absolute Gasteiger partial charge is 0.446 e. The summed E-state index contributed by atoms with van der Waals surface area (Å²) < 4.78 is 4.97. The van der Waals surface area contributed by atoms with Crippen LogP contribution in [0.1, 0.15) is 33.1 Å². The number of hydrogen-bond acceptors (Lipinski definition) is 2. The van der Waals surface area contributed by atoms with Crippen molar-refractivity contribution in [2.75, 3.05) is 0 Å². The van der Waals surface area contributed by atoms with E-state index in [1.807, 2.05) is 0 Å². The lowest BCUT2D eigenvalue weighted by atomic mass is 9.82. The lowest BCUT2D eigenvalue weighted by Gasteiger charge is -2.30. The SMILES string of the molecule is CC1CC(C)CC(OC(N)=O)C1. The fourth-order valence-electron chi connectivity index (χ4n) is 2.13. The summed E-state index contributed by atoms with van der Waals surface area (Å²) in [5.41, 5.74) is 4.95. The summed E-state index contributed by atoms with van der Waals surface area (Å²) in [6.07, 6.45) is 2.58. The fraction of sp³-hybridized carbons (Fsp3) is 0.889. The first-order valence-corrected chi connectivity index (χ1v) is 4.54. The van der Waals surface area contributed by atoms with Crippen molar-refractivity contribution in [1.82, 2.24) is 0 Å². The highest BCUT2D eigenvalue weighted by molar-refractivity contribution is 5.64. The molecule has 1 aliphatic rings. The zero-order valence-corrected chi connectivity index (χ0v) is 7.75. The molecule has 1 saturated carbocycles. The van der Waals surface area contributed by atoms with Crippen LogP contribution in [0.25, 0.3) is 0 Å². The third-order valence-electron chi connectivity index (χ3n) is 2.42. The van der Waals surface area contributed by atoms with E-state index in [0.29, 0.717) is 11.8 Å². The Hall–Kier alpha value is -0.730. The molecule has 1 rings (SSSR count). The molecule has 3 nitrogen and oxygen atoms in total. The van der Waals surface area contributed by atoms with Gasteiger partial charge in [0, 0.05) is 0 Å². The third kappa shape index (κ3) is 2.72. The number of nitrogens with two attached hydrogens (primary N) is 1. The zero-order chi connectivity index (χ0) is 9.14. The highest BCUT2D eigenvalue weighted by Crippen LogP contribution is 2.30. The summed E-state index contributed by atoms with van der Waals surface area (Å²) in [4.78, 5) is 10.5. The second kappa shape index (κ2) is 3.78. The van der Waals surface area contributed by atoms with Crippen LogP contribution in [0, 0.1) is 11.8 Å². The Morgan fingerprint density at radius 2 is 1.75 bits per heavy atom. The van der Waals surface area contributed by atoms with Gasteiger partial charge in [0.2, 0.25) is 0 Å². The number of primary amides is 1. The summed E-state index contributed by atoms with van der Waals surface area (Å²) in [6, 6.07) is 0. The van der Waals surface area contributed by atoms with Crippen molar-refractivity contribution >= 4 is 6.09 Å². The number of carbonyl (C=O) groups is 1. The summed E-state index contributed by atoms with van der Waals surface area (Å²) >= 11 is 0. The van der Waals surface area contributed by atoms with Crippen LogP contribution in [0.15, 0.2) is 0 Å². The maximum Gasteiger partial charge on any atom is 0.404 e. The molecular formula is C9H17NO2. The summed E-state index contributed by atoms with van der Waals surface area (Å²) in [7, 11) is 0. The van der Waals surface area contributed by atoms with E-state index in [2.05, 4.69) is 13.8 Å².